The van der Waals surface area contributed by atoms with Crippen molar-refractivity contribution in [1.29, 1.82) is 5.26 Å². The van der Waals surface area contributed by atoms with Crippen LogP contribution in [0.5, 0.6) is 0 Å². The summed E-state index contributed by atoms with van der Waals surface area (Å²) in [6.07, 6.45) is 0. The Labute approximate surface area is 118 Å². The summed E-state index contributed by atoms with van der Waals surface area (Å²) in [6, 6.07) is 14.2. The summed E-state index contributed by atoms with van der Waals surface area (Å²) in [7, 11) is 0. The lowest BCUT2D eigenvalue weighted by atomic mass is 10.1. The first-order valence-electron chi connectivity index (χ1n) is 6.44. The number of hydrogen-bond acceptors (Lipinski definition) is 3. The van der Waals surface area contributed by atoms with E-state index >= 15 is 0 Å². The van der Waals surface area contributed by atoms with Gasteiger partial charge < -0.3 is 10.6 Å². The molecule has 2 N–H and O–H groups in total. The van der Waals surface area contributed by atoms with Gasteiger partial charge in [0.15, 0.2) is 0 Å². The fourth-order valence-electron chi connectivity index (χ4n) is 2.14. The van der Waals surface area contributed by atoms with Crippen LogP contribution in [0, 0.1) is 17.1 Å². The zero-order valence-corrected chi connectivity index (χ0v) is 11.3. The number of nitrogens with zero attached hydrogens (tertiary/aromatic N) is 2. The molecule has 2 aromatic carbocycles. The minimum atomic E-state index is -0.456. The summed E-state index contributed by atoms with van der Waals surface area (Å²) < 4.78 is 14.1. The summed E-state index contributed by atoms with van der Waals surface area (Å²) in [6.45, 7) is 3.06. The Morgan fingerprint density at radius 2 is 1.95 bits per heavy atom. The molecule has 0 amide bonds. The summed E-state index contributed by atoms with van der Waals surface area (Å²) in [5.74, 6) is -0.456. The van der Waals surface area contributed by atoms with Crippen LogP contribution in [0.3, 0.4) is 0 Å². The number of nitrogens with two attached hydrogens (primary N) is 1. The largest absolute Gasteiger partial charge is 0.397 e. The molecule has 2 aromatic rings. The van der Waals surface area contributed by atoms with Crippen molar-refractivity contribution >= 4 is 11.4 Å². The molecule has 4 heteroatoms. The number of nitrogen functional groups attached to an aromatic ring is 1. The molecule has 0 atom stereocenters. The minimum Gasteiger partial charge on any atom is -0.397 e. The maximum atomic E-state index is 14.1. The van der Waals surface area contributed by atoms with Gasteiger partial charge in [-0.05, 0) is 25.1 Å². The number of rotatable bonds is 4. The third-order valence-electron chi connectivity index (χ3n) is 3.22. The van der Waals surface area contributed by atoms with E-state index in [4.69, 9.17) is 11.0 Å². The van der Waals surface area contributed by atoms with Crippen molar-refractivity contribution in [2.24, 2.45) is 0 Å². The maximum absolute atomic E-state index is 14.1. The van der Waals surface area contributed by atoms with Gasteiger partial charge >= 0.3 is 0 Å². The van der Waals surface area contributed by atoms with Gasteiger partial charge in [-0.3, -0.25) is 0 Å². The van der Waals surface area contributed by atoms with Crippen molar-refractivity contribution in [2.45, 2.75) is 13.5 Å². The average Bonchev–Trinajstić information content (AvgIpc) is 2.47. The van der Waals surface area contributed by atoms with Gasteiger partial charge in [0.1, 0.15) is 11.9 Å². The van der Waals surface area contributed by atoms with Crippen molar-refractivity contribution in [3.05, 3.63) is 59.4 Å². The lowest BCUT2D eigenvalue weighted by Crippen LogP contribution is -2.23. The Morgan fingerprint density at radius 1 is 1.20 bits per heavy atom. The summed E-state index contributed by atoms with van der Waals surface area (Å²) in [5, 5.41) is 8.87. The van der Waals surface area contributed by atoms with Gasteiger partial charge in [-0.1, -0.05) is 24.3 Å². The van der Waals surface area contributed by atoms with Crippen LogP contribution in [0.1, 0.15) is 18.1 Å². The van der Waals surface area contributed by atoms with E-state index in [1.807, 2.05) is 42.2 Å². The molecule has 0 aliphatic carbocycles. The first-order chi connectivity index (χ1) is 9.67. The van der Waals surface area contributed by atoms with Crippen molar-refractivity contribution < 1.29 is 4.39 Å². The number of benzene rings is 2. The SMILES string of the molecule is CCN(Cc1cccc(C#N)c1F)c1ccccc1N. The zero-order chi connectivity index (χ0) is 14.5. The fourth-order valence-corrected chi connectivity index (χ4v) is 2.14. The van der Waals surface area contributed by atoms with Crippen molar-refractivity contribution in [2.75, 3.05) is 17.2 Å². The second-order valence-electron chi connectivity index (χ2n) is 4.46. The molecule has 0 saturated carbocycles. The van der Waals surface area contributed by atoms with Crippen LogP contribution >= 0.6 is 0 Å². The quantitative estimate of drug-likeness (QED) is 0.866. The Bertz CT molecular complexity index is 646. The molecule has 0 aromatic heterocycles. The molecule has 2 rings (SSSR count). The van der Waals surface area contributed by atoms with Crippen LogP contribution in [-0.4, -0.2) is 6.54 Å². The molecule has 0 saturated heterocycles. The third-order valence-corrected chi connectivity index (χ3v) is 3.22. The van der Waals surface area contributed by atoms with E-state index in [-0.39, 0.29) is 5.56 Å². The van der Waals surface area contributed by atoms with E-state index in [0.717, 1.165) is 5.69 Å². The predicted octanol–water partition coefficient (Wildman–Crippen LogP) is 3.31. The molecule has 20 heavy (non-hydrogen) atoms. The number of hydrogen-bond donors (Lipinski definition) is 1. The summed E-state index contributed by atoms with van der Waals surface area (Å²) >= 11 is 0. The first-order valence-corrected chi connectivity index (χ1v) is 6.44. The van der Waals surface area contributed by atoms with E-state index < -0.39 is 5.82 Å². The van der Waals surface area contributed by atoms with Gasteiger partial charge in [-0.2, -0.15) is 5.26 Å². The van der Waals surface area contributed by atoms with Crippen LogP contribution in [0.2, 0.25) is 0 Å². The monoisotopic (exact) mass is 269 g/mol. The second kappa shape index (κ2) is 6.07. The van der Waals surface area contributed by atoms with Crippen LogP contribution in [-0.2, 0) is 6.54 Å². The van der Waals surface area contributed by atoms with Crippen LogP contribution < -0.4 is 10.6 Å². The Balaban J connectivity index is 2.33. The van der Waals surface area contributed by atoms with Crippen LogP contribution in [0.25, 0.3) is 0 Å². The standard InChI is InChI=1S/C16H16FN3/c1-2-20(15-9-4-3-8-14(15)19)11-13-7-5-6-12(10-18)16(13)17/h3-9H,2,11,19H2,1H3. The predicted molar refractivity (Wildman–Crippen MR) is 78.7 cm³/mol. The lowest BCUT2D eigenvalue weighted by molar-refractivity contribution is 0.601. The molecule has 0 spiro atoms. The molecule has 0 fully saturated rings. The summed E-state index contributed by atoms with van der Waals surface area (Å²) in [5.41, 5.74) is 8.05. The Morgan fingerprint density at radius 3 is 2.60 bits per heavy atom. The molecular weight excluding hydrogens is 253 g/mol. The van der Waals surface area contributed by atoms with E-state index in [9.17, 15) is 4.39 Å². The third kappa shape index (κ3) is 2.72. The Kier molecular flexibility index (Phi) is 4.21. The van der Waals surface area contributed by atoms with Gasteiger partial charge in [-0.25, -0.2) is 4.39 Å². The van der Waals surface area contributed by atoms with E-state index in [1.165, 1.54) is 6.07 Å². The molecule has 0 aliphatic heterocycles. The molecule has 3 nitrogen and oxygen atoms in total. The maximum Gasteiger partial charge on any atom is 0.145 e. The molecule has 0 unspecified atom stereocenters. The van der Waals surface area contributed by atoms with E-state index in [2.05, 4.69) is 0 Å². The highest BCUT2D eigenvalue weighted by Gasteiger charge is 2.13. The highest BCUT2D eigenvalue weighted by atomic mass is 19.1. The number of nitriles is 1. The molecule has 0 bridgehead atoms. The zero-order valence-electron chi connectivity index (χ0n) is 11.3. The van der Waals surface area contributed by atoms with Crippen LogP contribution in [0.4, 0.5) is 15.8 Å². The Hall–Kier alpha value is -2.54. The molecule has 102 valence electrons. The van der Waals surface area contributed by atoms with Gasteiger partial charge in [0.25, 0.3) is 0 Å². The van der Waals surface area contributed by atoms with Gasteiger partial charge in [0, 0.05) is 18.7 Å². The lowest BCUT2D eigenvalue weighted by Gasteiger charge is -2.25. The van der Waals surface area contributed by atoms with Crippen molar-refractivity contribution in [3.63, 3.8) is 0 Å². The fraction of sp³-hybridized carbons (Fsp3) is 0.188. The van der Waals surface area contributed by atoms with E-state index in [1.54, 1.807) is 12.1 Å². The highest BCUT2D eigenvalue weighted by Crippen LogP contribution is 2.25. The topological polar surface area (TPSA) is 53.0 Å². The molecule has 0 aliphatic rings. The van der Waals surface area contributed by atoms with Crippen molar-refractivity contribution in [3.8, 4) is 6.07 Å². The van der Waals surface area contributed by atoms with Gasteiger partial charge in [-0.15, -0.1) is 0 Å². The minimum absolute atomic E-state index is 0.0691. The molecule has 0 radical (unpaired) electrons. The number of para-hydroxylation sites is 2. The van der Waals surface area contributed by atoms with Crippen LogP contribution in [0.15, 0.2) is 42.5 Å². The molecule has 0 heterocycles. The van der Waals surface area contributed by atoms with Gasteiger partial charge in [0.2, 0.25) is 0 Å². The molecular formula is C16H16FN3. The second-order valence-corrected chi connectivity index (χ2v) is 4.46. The first kappa shape index (κ1) is 13.9. The van der Waals surface area contributed by atoms with Crippen molar-refractivity contribution in [1.82, 2.24) is 0 Å². The number of anilines is 2. The number of halogens is 1. The smallest absolute Gasteiger partial charge is 0.145 e. The van der Waals surface area contributed by atoms with E-state index in [0.29, 0.717) is 24.3 Å². The highest BCUT2D eigenvalue weighted by molar-refractivity contribution is 5.67. The summed E-state index contributed by atoms with van der Waals surface area (Å²) in [4.78, 5) is 1.98. The average molecular weight is 269 g/mol. The van der Waals surface area contributed by atoms with Gasteiger partial charge in [0.05, 0.1) is 16.9 Å². The normalized spacial score (nSPS) is 10.1.